The number of alkyl carbamates (subject to hydrolysis) is 1. The predicted octanol–water partition coefficient (Wildman–Crippen LogP) is 4.15. The Labute approximate surface area is 228 Å². The zero-order chi connectivity index (χ0) is 27.2. The maximum atomic E-state index is 13.0. The van der Waals surface area contributed by atoms with Crippen LogP contribution in [0.3, 0.4) is 0 Å². The first kappa shape index (κ1) is 26.4. The number of nitrogens with one attached hydrogen (secondary N) is 2. The number of nitrogens with zero attached hydrogens (tertiary/aromatic N) is 1. The molecule has 8 nitrogen and oxygen atoms in total. The Morgan fingerprint density at radius 3 is 2.18 bits per heavy atom. The third kappa shape index (κ3) is 6.29. The number of carboxylic acids is 1. The molecule has 8 heteroatoms. The molecule has 1 aliphatic heterocycles. The fraction of sp³-hybridized carbons (Fsp3) is 0.323. The minimum absolute atomic E-state index is 0.0240. The number of aliphatic carboxylic acids is 1. The number of ether oxygens (including phenoxy) is 1. The van der Waals surface area contributed by atoms with Crippen molar-refractivity contribution in [3.8, 4) is 11.1 Å². The largest absolute Gasteiger partial charge is 0.481 e. The topological polar surface area (TPSA) is 108 Å². The van der Waals surface area contributed by atoms with Crippen molar-refractivity contribution in [2.75, 3.05) is 19.7 Å². The molecule has 3 aromatic rings. The Balaban J connectivity index is 1.16. The summed E-state index contributed by atoms with van der Waals surface area (Å²) in [5, 5.41) is 14.7. The van der Waals surface area contributed by atoms with Gasteiger partial charge in [-0.2, -0.15) is 0 Å². The van der Waals surface area contributed by atoms with E-state index in [1.807, 2.05) is 54.6 Å². The zero-order valence-corrected chi connectivity index (χ0v) is 21.7. The molecule has 2 atom stereocenters. The molecule has 3 aromatic carbocycles. The van der Waals surface area contributed by atoms with Gasteiger partial charge in [-0.15, -0.1) is 0 Å². The summed E-state index contributed by atoms with van der Waals surface area (Å²) < 4.78 is 5.58. The highest BCUT2D eigenvalue weighted by Gasteiger charge is 2.31. The van der Waals surface area contributed by atoms with Gasteiger partial charge >= 0.3 is 12.1 Å². The molecule has 0 aromatic heterocycles. The summed E-state index contributed by atoms with van der Waals surface area (Å²) in [4.78, 5) is 39.3. The van der Waals surface area contributed by atoms with Gasteiger partial charge in [-0.25, -0.2) is 4.79 Å². The number of carboxylic acid groups (broad SMARTS) is 1. The van der Waals surface area contributed by atoms with E-state index in [0.717, 1.165) is 41.8 Å². The van der Waals surface area contributed by atoms with E-state index in [1.54, 1.807) is 0 Å². The molecule has 202 valence electrons. The first-order valence-electron chi connectivity index (χ1n) is 13.4. The van der Waals surface area contributed by atoms with Crippen molar-refractivity contribution in [2.24, 2.45) is 0 Å². The average Bonchev–Trinajstić information content (AvgIpc) is 3.26. The van der Waals surface area contributed by atoms with Crippen molar-refractivity contribution < 1.29 is 24.2 Å². The molecule has 39 heavy (non-hydrogen) atoms. The number of carbonyl (C=O) groups is 3. The molecular formula is C31H33N3O5. The molecule has 1 heterocycles. The smallest absolute Gasteiger partial charge is 0.407 e. The Morgan fingerprint density at radius 2 is 1.56 bits per heavy atom. The lowest BCUT2D eigenvalue weighted by atomic mass is 9.98. The van der Waals surface area contributed by atoms with E-state index in [4.69, 9.17) is 9.84 Å². The van der Waals surface area contributed by atoms with E-state index in [2.05, 4.69) is 39.8 Å². The second kappa shape index (κ2) is 12.1. The van der Waals surface area contributed by atoms with Crippen LogP contribution in [0.25, 0.3) is 11.1 Å². The van der Waals surface area contributed by atoms with Crippen molar-refractivity contribution in [1.29, 1.82) is 0 Å². The van der Waals surface area contributed by atoms with Crippen LogP contribution in [0.15, 0.2) is 78.9 Å². The third-order valence-electron chi connectivity index (χ3n) is 7.61. The van der Waals surface area contributed by atoms with Crippen LogP contribution in [0.5, 0.6) is 0 Å². The summed E-state index contributed by atoms with van der Waals surface area (Å²) in [6.07, 6.45) is -0.0429. The Morgan fingerprint density at radius 1 is 0.923 bits per heavy atom. The molecule has 2 unspecified atom stereocenters. The van der Waals surface area contributed by atoms with Crippen LogP contribution < -0.4 is 10.6 Å². The number of rotatable bonds is 11. The fourth-order valence-corrected chi connectivity index (χ4v) is 5.41. The van der Waals surface area contributed by atoms with Crippen LogP contribution >= 0.6 is 0 Å². The molecule has 1 aliphatic carbocycles. The van der Waals surface area contributed by atoms with Gasteiger partial charge in [0.1, 0.15) is 12.6 Å². The Kier molecular flexibility index (Phi) is 8.22. The average molecular weight is 528 g/mol. The van der Waals surface area contributed by atoms with Gasteiger partial charge in [0.2, 0.25) is 5.91 Å². The van der Waals surface area contributed by atoms with Crippen LogP contribution in [0, 0.1) is 0 Å². The van der Waals surface area contributed by atoms with Gasteiger partial charge in [-0.1, -0.05) is 78.9 Å². The van der Waals surface area contributed by atoms with Crippen LogP contribution in [-0.2, 0) is 20.9 Å². The number of fused-ring (bicyclic) bond motifs is 3. The van der Waals surface area contributed by atoms with E-state index in [0.29, 0.717) is 6.54 Å². The van der Waals surface area contributed by atoms with Crippen molar-refractivity contribution in [3.05, 3.63) is 95.6 Å². The number of likely N-dealkylation sites (tertiary alicyclic amines) is 1. The van der Waals surface area contributed by atoms with Gasteiger partial charge in [-0.3, -0.25) is 14.5 Å². The van der Waals surface area contributed by atoms with Gasteiger partial charge in [0.05, 0.1) is 0 Å². The van der Waals surface area contributed by atoms with E-state index < -0.39 is 24.0 Å². The van der Waals surface area contributed by atoms with E-state index in [-0.39, 0.29) is 31.4 Å². The van der Waals surface area contributed by atoms with Crippen molar-refractivity contribution in [2.45, 2.75) is 43.8 Å². The van der Waals surface area contributed by atoms with Crippen molar-refractivity contribution in [1.82, 2.24) is 15.5 Å². The standard InChI is InChI=1S/C31H33N3O5/c35-29(36)15-14-28(30(37)32-18-22-16-17-34(22)19-21-8-2-1-3-9-21)33-31(38)39-20-27-25-12-6-4-10-23(25)24-11-5-7-13-26(24)27/h1-13,22,27-28H,14-20H2,(H,32,37)(H,33,38)(H,35,36). The number of hydrogen-bond donors (Lipinski definition) is 3. The molecule has 1 saturated heterocycles. The summed E-state index contributed by atoms with van der Waals surface area (Å²) >= 11 is 0. The minimum atomic E-state index is -1.03. The maximum absolute atomic E-state index is 13.0. The second-order valence-corrected chi connectivity index (χ2v) is 10.1. The lowest BCUT2D eigenvalue weighted by Gasteiger charge is -2.41. The highest BCUT2D eigenvalue weighted by Crippen LogP contribution is 2.44. The SMILES string of the molecule is O=C(O)CCC(NC(=O)OCC1c2ccccc2-c2ccccc21)C(=O)NCC1CCN1Cc1ccccc1. The second-order valence-electron chi connectivity index (χ2n) is 10.1. The number of amides is 2. The molecule has 0 bridgehead atoms. The Hall–Kier alpha value is -4.17. The van der Waals surface area contributed by atoms with Gasteiger partial charge < -0.3 is 20.5 Å². The fourth-order valence-electron chi connectivity index (χ4n) is 5.41. The molecule has 2 amide bonds. The molecule has 3 N–H and O–H groups in total. The van der Waals surface area contributed by atoms with Crippen molar-refractivity contribution in [3.63, 3.8) is 0 Å². The van der Waals surface area contributed by atoms with Gasteiger partial charge in [0.25, 0.3) is 0 Å². The van der Waals surface area contributed by atoms with E-state index in [9.17, 15) is 14.4 Å². The monoisotopic (exact) mass is 527 g/mol. The molecule has 5 rings (SSSR count). The quantitative estimate of drug-likeness (QED) is 0.346. The van der Waals surface area contributed by atoms with Gasteiger partial charge in [-0.05, 0) is 40.7 Å². The number of benzene rings is 3. The van der Waals surface area contributed by atoms with E-state index in [1.165, 1.54) is 5.56 Å². The molecule has 0 radical (unpaired) electrons. The summed E-state index contributed by atoms with van der Waals surface area (Å²) in [6.45, 7) is 2.31. The molecule has 0 spiro atoms. The first-order chi connectivity index (χ1) is 19.0. The Bertz CT molecular complexity index is 1280. The summed E-state index contributed by atoms with van der Waals surface area (Å²) in [7, 11) is 0. The molecule has 0 saturated carbocycles. The summed E-state index contributed by atoms with van der Waals surface area (Å²) in [6, 6.07) is 25.4. The predicted molar refractivity (Wildman–Crippen MR) is 147 cm³/mol. The van der Waals surface area contributed by atoms with Gasteiger partial charge in [0, 0.05) is 38.0 Å². The number of carbonyl (C=O) groups excluding carboxylic acids is 2. The maximum Gasteiger partial charge on any atom is 0.407 e. The normalized spacial score (nSPS) is 16.9. The molecular weight excluding hydrogens is 494 g/mol. The van der Waals surface area contributed by atoms with Crippen LogP contribution in [-0.4, -0.2) is 59.8 Å². The van der Waals surface area contributed by atoms with Crippen LogP contribution in [0.2, 0.25) is 0 Å². The molecule has 1 fully saturated rings. The zero-order valence-electron chi connectivity index (χ0n) is 21.7. The van der Waals surface area contributed by atoms with Crippen molar-refractivity contribution >= 4 is 18.0 Å². The van der Waals surface area contributed by atoms with Crippen LogP contribution in [0.1, 0.15) is 41.9 Å². The minimum Gasteiger partial charge on any atom is -0.481 e. The van der Waals surface area contributed by atoms with E-state index >= 15 is 0 Å². The third-order valence-corrected chi connectivity index (χ3v) is 7.61. The lowest BCUT2D eigenvalue weighted by molar-refractivity contribution is -0.137. The highest BCUT2D eigenvalue weighted by molar-refractivity contribution is 5.86. The molecule has 2 aliphatic rings. The first-order valence-corrected chi connectivity index (χ1v) is 13.4. The summed E-state index contributed by atoms with van der Waals surface area (Å²) in [5.41, 5.74) is 5.64. The van der Waals surface area contributed by atoms with Gasteiger partial charge in [0.15, 0.2) is 0 Å². The highest BCUT2D eigenvalue weighted by atomic mass is 16.5. The number of hydrogen-bond acceptors (Lipinski definition) is 5. The lowest BCUT2D eigenvalue weighted by Crippen LogP contribution is -2.55. The summed E-state index contributed by atoms with van der Waals surface area (Å²) in [5.74, 6) is -1.55. The van der Waals surface area contributed by atoms with Crippen LogP contribution in [0.4, 0.5) is 4.79 Å².